The van der Waals surface area contributed by atoms with Gasteiger partial charge in [-0.3, -0.25) is 9.59 Å². The highest BCUT2D eigenvalue weighted by Crippen LogP contribution is 2.21. The van der Waals surface area contributed by atoms with E-state index in [1.165, 1.54) is 11.9 Å². The van der Waals surface area contributed by atoms with Crippen LogP contribution >= 0.6 is 0 Å². The van der Waals surface area contributed by atoms with Crippen molar-refractivity contribution in [2.75, 3.05) is 12.4 Å². The average molecular weight is 442 g/mol. The van der Waals surface area contributed by atoms with Crippen molar-refractivity contribution in [3.8, 4) is 17.1 Å². The van der Waals surface area contributed by atoms with Crippen molar-refractivity contribution >= 4 is 17.5 Å². The maximum absolute atomic E-state index is 12.5. The molecule has 2 amide bonds. The van der Waals surface area contributed by atoms with E-state index >= 15 is 0 Å². The summed E-state index contributed by atoms with van der Waals surface area (Å²) in [6.45, 7) is 0.399. The SMILES string of the molecule is COc1ccccc1C(=O)Nc1ccc(-c2nnn(CC(=O)NCc3ccccc3)n2)cc1. The van der Waals surface area contributed by atoms with Crippen LogP contribution in [0.5, 0.6) is 5.75 Å². The highest BCUT2D eigenvalue weighted by molar-refractivity contribution is 6.06. The van der Waals surface area contributed by atoms with Crippen LogP contribution in [0.2, 0.25) is 0 Å². The summed E-state index contributed by atoms with van der Waals surface area (Å²) in [6, 6.07) is 23.7. The van der Waals surface area contributed by atoms with Crippen molar-refractivity contribution in [1.29, 1.82) is 0 Å². The second kappa shape index (κ2) is 10.2. The molecule has 0 aliphatic rings. The maximum atomic E-state index is 12.5. The molecule has 0 radical (unpaired) electrons. The van der Waals surface area contributed by atoms with Crippen LogP contribution in [0.25, 0.3) is 11.4 Å². The summed E-state index contributed by atoms with van der Waals surface area (Å²) < 4.78 is 5.23. The monoisotopic (exact) mass is 442 g/mol. The third-order valence-electron chi connectivity index (χ3n) is 4.82. The van der Waals surface area contributed by atoms with Crippen molar-refractivity contribution in [2.45, 2.75) is 13.1 Å². The van der Waals surface area contributed by atoms with Gasteiger partial charge in [0.25, 0.3) is 5.91 Å². The quantitative estimate of drug-likeness (QED) is 0.434. The summed E-state index contributed by atoms with van der Waals surface area (Å²) >= 11 is 0. The molecule has 0 saturated heterocycles. The number of para-hydroxylation sites is 1. The third kappa shape index (κ3) is 5.59. The fourth-order valence-corrected chi connectivity index (χ4v) is 3.14. The van der Waals surface area contributed by atoms with Gasteiger partial charge in [-0.15, -0.1) is 10.2 Å². The molecule has 3 aromatic carbocycles. The summed E-state index contributed by atoms with van der Waals surface area (Å²) in [7, 11) is 1.52. The Hall–Kier alpha value is -4.53. The van der Waals surface area contributed by atoms with Gasteiger partial charge in [-0.1, -0.05) is 42.5 Å². The van der Waals surface area contributed by atoms with Gasteiger partial charge in [-0.05, 0) is 47.2 Å². The Bertz CT molecular complexity index is 1240. The van der Waals surface area contributed by atoms with Gasteiger partial charge in [0.2, 0.25) is 11.7 Å². The summed E-state index contributed by atoms with van der Waals surface area (Å²) in [6.07, 6.45) is 0. The predicted molar refractivity (Wildman–Crippen MR) is 122 cm³/mol. The van der Waals surface area contributed by atoms with Gasteiger partial charge >= 0.3 is 0 Å². The zero-order valence-electron chi connectivity index (χ0n) is 17.9. The second-order valence-electron chi connectivity index (χ2n) is 7.14. The number of anilines is 1. The number of nitrogens with one attached hydrogen (secondary N) is 2. The van der Waals surface area contributed by atoms with Gasteiger partial charge < -0.3 is 15.4 Å². The molecular formula is C24H22N6O3. The molecule has 0 aliphatic heterocycles. The number of amides is 2. The lowest BCUT2D eigenvalue weighted by Crippen LogP contribution is -2.28. The normalized spacial score (nSPS) is 10.5. The molecule has 4 rings (SSSR count). The number of carbonyl (C=O) groups is 2. The number of hydrogen-bond acceptors (Lipinski definition) is 6. The minimum absolute atomic E-state index is 0.0348. The molecule has 0 unspecified atom stereocenters. The van der Waals surface area contributed by atoms with E-state index in [4.69, 9.17) is 4.74 Å². The van der Waals surface area contributed by atoms with Crippen LogP contribution in [0, 0.1) is 0 Å². The smallest absolute Gasteiger partial charge is 0.259 e. The highest BCUT2D eigenvalue weighted by Gasteiger charge is 2.13. The van der Waals surface area contributed by atoms with E-state index in [0.717, 1.165) is 5.56 Å². The molecule has 0 fully saturated rings. The first-order chi connectivity index (χ1) is 16.1. The van der Waals surface area contributed by atoms with E-state index < -0.39 is 0 Å². The number of methoxy groups -OCH3 is 1. The van der Waals surface area contributed by atoms with Crippen molar-refractivity contribution in [1.82, 2.24) is 25.5 Å². The third-order valence-corrected chi connectivity index (χ3v) is 4.82. The Morgan fingerprint density at radius 1 is 0.939 bits per heavy atom. The Balaban J connectivity index is 1.34. The van der Waals surface area contributed by atoms with E-state index in [-0.39, 0.29) is 18.4 Å². The van der Waals surface area contributed by atoms with Crippen molar-refractivity contribution in [3.05, 3.63) is 90.0 Å². The van der Waals surface area contributed by atoms with Crippen molar-refractivity contribution in [3.63, 3.8) is 0 Å². The molecule has 1 aromatic heterocycles. The summed E-state index contributed by atoms with van der Waals surface area (Å²) in [5.74, 6) is 0.400. The number of benzene rings is 3. The standard InChI is InChI=1S/C24H22N6O3/c1-33-21-10-6-5-9-20(21)24(32)26-19-13-11-18(12-14-19)23-27-29-30(28-23)16-22(31)25-15-17-7-3-2-4-8-17/h2-14H,15-16H2,1H3,(H,25,31)(H,26,32). The van der Waals surface area contributed by atoms with E-state index in [1.54, 1.807) is 48.5 Å². The molecule has 33 heavy (non-hydrogen) atoms. The largest absolute Gasteiger partial charge is 0.496 e. The number of carbonyl (C=O) groups excluding carboxylic acids is 2. The van der Waals surface area contributed by atoms with E-state index in [1.807, 2.05) is 30.3 Å². The van der Waals surface area contributed by atoms with Crippen LogP contribution in [0.4, 0.5) is 5.69 Å². The summed E-state index contributed by atoms with van der Waals surface area (Å²) in [4.78, 5) is 25.9. The van der Waals surface area contributed by atoms with Gasteiger partial charge in [0, 0.05) is 17.8 Å². The first-order valence-corrected chi connectivity index (χ1v) is 10.3. The van der Waals surface area contributed by atoms with Gasteiger partial charge in [-0.25, -0.2) is 0 Å². The molecule has 9 heteroatoms. The van der Waals surface area contributed by atoms with Gasteiger partial charge in [0.15, 0.2) is 0 Å². The number of nitrogens with zero attached hydrogens (tertiary/aromatic N) is 4. The Morgan fingerprint density at radius 2 is 1.67 bits per heavy atom. The van der Waals surface area contributed by atoms with Crippen LogP contribution in [-0.2, 0) is 17.9 Å². The Morgan fingerprint density at radius 3 is 2.42 bits per heavy atom. The van der Waals surface area contributed by atoms with Crippen LogP contribution in [0.15, 0.2) is 78.9 Å². The molecule has 4 aromatic rings. The second-order valence-corrected chi connectivity index (χ2v) is 7.14. The lowest BCUT2D eigenvalue weighted by atomic mass is 10.1. The molecule has 0 atom stereocenters. The zero-order chi connectivity index (χ0) is 23.0. The highest BCUT2D eigenvalue weighted by atomic mass is 16.5. The fourth-order valence-electron chi connectivity index (χ4n) is 3.14. The van der Waals surface area contributed by atoms with Crippen molar-refractivity contribution < 1.29 is 14.3 Å². The zero-order valence-corrected chi connectivity index (χ0v) is 17.9. The number of tetrazole rings is 1. The van der Waals surface area contributed by atoms with Crippen LogP contribution in [0.1, 0.15) is 15.9 Å². The Labute approximate surface area is 190 Å². The minimum atomic E-state index is -0.272. The molecule has 0 saturated carbocycles. The van der Waals surface area contributed by atoms with Crippen molar-refractivity contribution in [2.24, 2.45) is 0 Å². The lowest BCUT2D eigenvalue weighted by Gasteiger charge is -2.09. The van der Waals surface area contributed by atoms with E-state index in [0.29, 0.717) is 34.9 Å². The summed E-state index contributed by atoms with van der Waals surface area (Å²) in [5, 5.41) is 17.9. The fraction of sp³-hybridized carbons (Fsp3) is 0.125. The van der Waals surface area contributed by atoms with Crippen LogP contribution in [0.3, 0.4) is 0 Å². The lowest BCUT2D eigenvalue weighted by molar-refractivity contribution is -0.122. The van der Waals surface area contributed by atoms with Gasteiger partial charge in [0.05, 0.1) is 12.7 Å². The first kappa shape index (κ1) is 21.7. The molecule has 166 valence electrons. The van der Waals surface area contributed by atoms with E-state index in [9.17, 15) is 9.59 Å². The van der Waals surface area contributed by atoms with E-state index in [2.05, 4.69) is 26.0 Å². The van der Waals surface area contributed by atoms with Gasteiger partial charge in [0.1, 0.15) is 12.3 Å². The predicted octanol–water partition coefficient (Wildman–Crippen LogP) is 2.92. The van der Waals surface area contributed by atoms with Crippen LogP contribution in [-0.4, -0.2) is 39.1 Å². The number of rotatable bonds is 8. The van der Waals surface area contributed by atoms with Crippen LogP contribution < -0.4 is 15.4 Å². The average Bonchev–Trinajstić information content (AvgIpc) is 3.32. The molecule has 0 bridgehead atoms. The molecule has 9 nitrogen and oxygen atoms in total. The molecule has 0 spiro atoms. The number of ether oxygens (including phenoxy) is 1. The minimum Gasteiger partial charge on any atom is -0.496 e. The molecular weight excluding hydrogens is 420 g/mol. The summed E-state index contributed by atoms with van der Waals surface area (Å²) in [5.41, 5.74) is 2.78. The number of hydrogen-bond donors (Lipinski definition) is 2. The first-order valence-electron chi connectivity index (χ1n) is 10.3. The maximum Gasteiger partial charge on any atom is 0.259 e. The molecule has 1 heterocycles. The number of aromatic nitrogens is 4. The molecule has 0 aliphatic carbocycles. The molecule has 2 N–H and O–H groups in total. The topological polar surface area (TPSA) is 111 Å². The van der Waals surface area contributed by atoms with Gasteiger partial charge in [-0.2, -0.15) is 4.80 Å². The Kier molecular flexibility index (Phi) is 6.70.